The Hall–Kier alpha value is -1.59. The molecule has 0 atom stereocenters. The number of aromatic amines is 1. The molecule has 0 amide bonds. The molecular weight excluding hydrogens is 218 g/mol. The Bertz CT molecular complexity index is 530. The average Bonchev–Trinajstić information content (AvgIpc) is 2.68. The average molecular weight is 235 g/mol. The maximum absolute atomic E-state index is 11.0. The van der Waals surface area contributed by atoms with Crippen molar-refractivity contribution in [1.29, 1.82) is 0 Å². The maximum atomic E-state index is 11.0. The SMILES string of the molecule is NCCCNCCc1ccc2[nH]c(=O)oc2c1. The van der Waals surface area contributed by atoms with E-state index in [1.165, 1.54) is 0 Å². The number of H-pyrrole nitrogens is 1. The summed E-state index contributed by atoms with van der Waals surface area (Å²) in [6.45, 7) is 2.56. The van der Waals surface area contributed by atoms with Gasteiger partial charge in [0.1, 0.15) is 0 Å². The Morgan fingerprint density at radius 3 is 3.06 bits per heavy atom. The zero-order chi connectivity index (χ0) is 12.1. The molecule has 0 aliphatic rings. The van der Waals surface area contributed by atoms with Crippen LogP contribution in [0.15, 0.2) is 27.4 Å². The van der Waals surface area contributed by atoms with E-state index in [0.717, 1.165) is 37.0 Å². The van der Waals surface area contributed by atoms with Gasteiger partial charge in [0.25, 0.3) is 0 Å². The first-order valence-electron chi connectivity index (χ1n) is 5.82. The van der Waals surface area contributed by atoms with E-state index in [2.05, 4.69) is 10.3 Å². The van der Waals surface area contributed by atoms with Gasteiger partial charge in [-0.25, -0.2) is 4.79 Å². The van der Waals surface area contributed by atoms with Crippen LogP contribution in [0.4, 0.5) is 0 Å². The van der Waals surface area contributed by atoms with Crippen molar-refractivity contribution in [2.24, 2.45) is 5.73 Å². The molecule has 5 nitrogen and oxygen atoms in total. The Labute approximate surface area is 99.0 Å². The van der Waals surface area contributed by atoms with Crippen LogP contribution in [0, 0.1) is 0 Å². The highest BCUT2D eigenvalue weighted by Crippen LogP contribution is 2.12. The van der Waals surface area contributed by atoms with Crippen molar-refractivity contribution in [3.63, 3.8) is 0 Å². The van der Waals surface area contributed by atoms with Crippen molar-refractivity contribution in [2.75, 3.05) is 19.6 Å². The predicted octanol–water partition coefficient (Wildman–Crippen LogP) is 0.602. The maximum Gasteiger partial charge on any atom is 0.417 e. The third-order valence-electron chi connectivity index (χ3n) is 2.63. The molecule has 0 saturated carbocycles. The third kappa shape index (κ3) is 3.18. The van der Waals surface area contributed by atoms with E-state index in [-0.39, 0.29) is 0 Å². The molecule has 17 heavy (non-hydrogen) atoms. The second kappa shape index (κ2) is 5.65. The Balaban J connectivity index is 1.92. The van der Waals surface area contributed by atoms with Gasteiger partial charge >= 0.3 is 5.76 Å². The number of nitrogens with one attached hydrogen (secondary N) is 2. The summed E-state index contributed by atoms with van der Waals surface area (Å²) in [6, 6.07) is 5.77. The van der Waals surface area contributed by atoms with Crippen LogP contribution in [-0.4, -0.2) is 24.6 Å². The van der Waals surface area contributed by atoms with Gasteiger partial charge in [-0.2, -0.15) is 0 Å². The molecule has 0 saturated heterocycles. The quantitative estimate of drug-likeness (QED) is 0.640. The zero-order valence-electron chi connectivity index (χ0n) is 9.66. The molecule has 2 aromatic rings. The van der Waals surface area contributed by atoms with Crippen LogP contribution in [0.1, 0.15) is 12.0 Å². The van der Waals surface area contributed by atoms with Gasteiger partial charge in [0.2, 0.25) is 0 Å². The molecular formula is C12H17N3O2. The number of oxazole rings is 1. The molecule has 1 heterocycles. The number of nitrogens with two attached hydrogens (primary N) is 1. The van der Waals surface area contributed by atoms with Crippen LogP contribution in [0.5, 0.6) is 0 Å². The highest BCUT2D eigenvalue weighted by Gasteiger charge is 2.01. The fourth-order valence-corrected chi connectivity index (χ4v) is 1.73. The lowest BCUT2D eigenvalue weighted by Gasteiger charge is -2.03. The van der Waals surface area contributed by atoms with Crippen LogP contribution < -0.4 is 16.8 Å². The van der Waals surface area contributed by atoms with Gasteiger partial charge in [-0.3, -0.25) is 4.98 Å². The smallest absolute Gasteiger partial charge is 0.408 e. The van der Waals surface area contributed by atoms with Crippen molar-refractivity contribution in [2.45, 2.75) is 12.8 Å². The van der Waals surface area contributed by atoms with E-state index < -0.39 is 5.76 Å². The Morgan fingerprint density at radius 1 is 1.35 bits per heavy atom. The van der Waals surface area contributed by atoms with Gasteiger partial charge in [0.15, 0.2) is 5.58 Å². The molecule has 0 radical (unpaired) electrons. The van der Waals surface area contributed by atoms with Gasteiger partial charge in [-0.05, 0) is 50.2 Å². The minimum atomic E-state index is -0.404. The number of aromatic nitrogens is 1. The second-order valence-electron chi connectivity index (χ2n) is 3.99. The minimum absolute atomic E-state index is 0.404. The highest BCUT2D eigenvalue weighted by atomic mass is 16.4. The predicted molar refractivity (Wildman–Crippen MR) is 67.1 cm³/mol. The Kier molecular flexibility index (Phi) is 3.95. The van der Waals surface area contributed by atoms with Crippen LogP contribution in [0.2, 0.25) is 0 Å². The van der Waals surface area contributed by atoms with E-state index >= 15 is 0 Å². The fourth-order valence-electron chi connectivity index (χ4n) is 1.73. The molecule has 0 bridgehead atoms. The van der Waals surface area contributed by atoms with Gasteiger partial charge in [0, 0.05) is 0 Å². The molecule has 92 valence electrons. The van der Waals surface area contributed by atoms with Crippen LogP contribution in [0.3, 0.4) is 0 Å². The lowest BCUT2D eigenvalue weighted by molar-refractivity contribution is 0.555. The Morgan fingerprint density at radius 2 is 2.24 bits per heavy atom. The largest absolute Gasteiger partial charge is 0.417 e. The topological polar surface area (TPSA) is 84.0 Å². The van der Waals surface area contributed by atoms with E-state index in [9.17, 15) is 4.79 Å². The monoisotopic (exact) mass is 235 g/mol. The van der Waals surface area contributed by atoms with E-state index in [1.54, 1.807) is 0 Å². The van der Waals surface area contributed by atoms with E-state index in [4.69, 9.17) is 10.2 Å². The molecule has 5 heteroatoms. The number of fused-ring (bicyclic) bond motifs is 1. The van der Waals surface area contributed by atoms with Crippen molar-refractivity contribution >= 4 is 11.1 Å². The molecule has 2 rings (SSSR count). The summed E-state index contributed by atoms with van der Waals surface area (Å²) < 4.78 is 5.01. The van der Waals surface area contributed by atoms with Crippen LogP contribution in [-0.2, 0) is 6.42 Å². The van der Waals surface area contributed by atoms with E-state index in [0.29, 0.717) is 12.1 Å². The van der Waals surface area contributed by atoms with Crippen molar-refractivity contribution in [1.82, 2.24) is 10.3 Å². The fraction of sp³-hybridized carbons (Fsp3) is 0.417. The normalized spacial score (nSPS) is 11.1. The molecule has 0 fully saturated rings. The number of hydrogen-bond acceptors (Lipinski definition) is 4. The molecule has 1 aromatic carbocycles. The first-order valence-corrected chi connectivity index (χ1v) is 5.82. The number of benzene rings is 1. The number of hydrogen-bond donors (Lipinski definition) is 3. The van der Waals surface area contributed by atoms with Gasteiger partial charge in [-0.15, -0.1) is 0 Å². The molecule has 1 aromatic heterocycles. The first kappa shape index (κ1) is 11.9. The summed E-state index contributed by atoms with van der Waals surface area (Å²) in [5.74, 6) is -0.404. The molecule has 0 aliphatic carbocycles. The van der Waals surface area contributed by atoms with Crippen LogP contribution >= 0.6 is 0 Å². The summed E-state index contributed by atoms with van der Waals surface area (Å²) in [7, 11) is 0. The summed E-state index contributed by atoms with van der Waals surface area (Å²) in [5, 5.41) is 3.31. The minimum Gasteiger partial charge on any atom is -0.408 e. The second-order valence-corrected chi connectivity index (χ2v) is 3.99. The van der Waals surface area contributed by atoms with Crippen molar-refractivity contribution in [3.05, 3.63) is 34.3 Å². The first-order chi connectivity index (χ1) is 8.29. The summed E-state index contributed by atoms with van der Waals surface area (Å²) in [5.41, 5.74) is 7.92. The summed E-state index contributed by atoms with van der Waals surface area (Å²) >= 11 is 0. The van der Waals surface area contributed by atoms with E-state index in [1.807, 2.05) is 18.2 Å². The molecule has 0 aliphatic heterocycles. The standard InChI is InChI=1S/C12H17N3O2/c13-5-1-6-14-7-4-9-2-3-10-11(8-9)17-12(16)15-10/h2-3,8,14H,1,4-7,13H2,(H,15,16). The lowest BCUT2D eigenvalue weighted by atomic mass is 10.1. The third-order valence-corrected chi connectivity index (χ3v) is 2.63. The summed E-state index contributed by atoms with van der Waals surface area (Å²) in [4.78, 5) is 13.6. The van der Waals surface area contributed by atoms with Crippen molar-refractivity contribution in [3.8, 4) is 0 Å². The van der Waals surface area contributed by atoms with Gasteiger partial charge in [-0.1, -0.05) is 6.07 Å². The van der Waals surface area contributed by atoms with Gasteiger partial charge < -0.3 is 15.5 Å². The molecule has 0 unspecified atom stereocenters. The molecule has 0 spiro atoms. The lowest BCUT2D eigenvalue weighted by Crippen LogP contribution is -2.20. The van der Waals surface area contributed by atoms with Crippen LogP contribution in [0.25, 0.3) is 11.1 Å². The van der Waals surface area contributed by atoms with Gasteiger partial charge in [0.05, 0.1) is 5.52 Å². The molecule has 4 N–H and O–H groups in total. The summed E-state index contributed by atoms with van der Waals surface area (Å²) in [6.07, 6.45) is 1.90. The number of rotatable bonds is 6. The highest BCUT2D eigenvalue weighted by molar-refractivity contribution is 5.72. The van der Waals surface area contributed by atoms with Crippen molar-refractivity contribution < 1.29 is 4.42 Å². The zero-order valence-corrected chi connectivity index (χ0v) is 9.66.